The van der Waals surface area contributed by atoms with Crippen LogP contribution in [0.4, 0.5) is 0 Å². The number of hydrogen-bond acceptors (Lipinski definition) is 1. The van der Waals surface area contributed by atoms with Crippen LogP contribution in [0.5, 0.6) is 0 Å². The number of benzene rings is 2. The molecular weight excluding hydrogens is 271 g/mol. The number of fused-ring (bicyclic) bond motifs is 1. The Morgan fingerprint density at radius 3 is 2.61 bits per heavy atom. The average Bonchev–Trinajstić information content (AvgIpc) is 2.66. The summed E-state index contributed by atoms with van der Waals surface area (Å²) in [5, 5.41) is 0.978. The molecule has 0 fully saturated rings. The fourth-order valence-electron chi connectivity index (χ4n) is 1.96. The van der Waals surface area contributed by atoms with Gasteiger partial charge in [0.05, 0.1) is 21.7 Å². The van der Waals surface area contributed by atoms with Gasteiger partial charge in [0, 0.05) is 5.02 Å². The molecule has 0 radical (unpaired) electrons. The maximum Gasteiger partial charge on any atom is 0.331 e. The Labute approximate surface area is 113 Å². The van der Waals surface area contributed by atoms with Gasteiger partial charge in [-0.3, -0.25) is 4.57 Å². The Bertz CT molecular complexity index is 789. The van der Waals surface area contributed by atoms with E-state index < -0.39 is 0 Å². The summed E-state index contributed by atoms with van der Waals surface area (Å²) in [6.45, 7) is 0. The van der Waals surface area contributed by atoms with Crippen LogP contribution in [0.25, 0.3) is 16.7 Å². The molecule has 0 aliphatic heterocycles. The maximum atomic E-state index is 12.0. The summed E-state index contributed by atoms with van der Waals surface area (Å²) >= 11 is 12.0. The number of rotatable bonds is 1. The lowest BCUT2D eigenvalue weighted by Gasteiger charge is -2.06. The molecule has 0 unspecified atom stereocenters. The fraction of sp³-hybridized carbons (Fsp3) is 0. The number of imidazole rings is 1. The lowest BCUT2D eigenvalue weighted by Crippen LogP contribution is -2.14. The molecule has 1 aromatic heterocycles. The van der Waals surface area contributed by atoms with Gasteiger partial charge in [0.25, 0.3) is 0 Å². The molecule has 0 saturated carbocycles. The Morgan fingerprint density at radius 1 is 1.06 bits per heavy atom. The van der Waals surface area contributed by atoms with E-state index in [2.05, 4.69) is 4.98 Å². The molecule has 0 aliphatic carbocycles. The zero-order valence-corrected chi connectivity index (χ0v) is 10.7. The Morgan fingerprint density at radius 2 is 1.83 bits per heavy atom. The first-order valence-electron chi connectivity index (χ1n) is 5.32. The molecular formula is C13H8Cl2N2O. The van der Waals surface area contributed by atoms with Crippen LogP contribution >= 0.6 is 23.2 Å². The van der Waals surface area contributed by atoms with Gasteiger partial charge in [-0.1, -0.05) is 35.3 Å². The molecule has 1 N–H and O–H groups in total. The van der Waals surface area contributed by atoms with Crippen LogP contribution in [0.15, 0.2) is 47.3 Å². The topological polar surface area (TPSA) is 37.8 Å². The predicted molar refractivity (Wildman–Crippen MR) is 73.9 cm³/mol. The van der Waals surface area contributed by atoms with E-state index in [0.29, 0.717) is 15.7 Å². The van der Waals surface area contributed by atoms with Crippen molar-refractivity contribution in [1.29, 1.82) is 0 Å². The molecule has 3 rings (SSSR count). The Balaban J connectivity index is 2.38. The van der Waals surface area contributed by atoms with Crippen LogP contribution in [0.2, 0.25) is 10.0 Å². The van der Waals surface area contributed by atoms with Crippen molar-refractivity contribution in [2.75, 3.05) is 0 Å². The molecule has 5 heteroatoms. The third kappa shape index (κ3) is 1.72. The van der Waals surface area contributed by atoms with E-state index in [9.17, 15) is 4.79 Å². The van der Waals surface area contributed by atoms with Gasteiger partial charge in [0.1, 0.15) is 0 Å². The highest BCUT2D eigenvalue weighted by atomic mass is 35.5. The second kappa shape index (κ2) is 4.19. The van der Waals surface area contributed by atoms with Gasteiger partial charge in [-0.2, -0.15) is 0 Å². The number of aromatic amines is 1. The molecule has 0 amide bonds. The molecule has 0 bridgehead atoms. The molecule has 1 heterocycles. The maximum absolute atomic E-state index is 12.0. The van der Waals surface area contributed by atoms with Crippen LogP contribution in [-0.2, 0) is 0 Å². The first-order valence-corrected chi connectivity index (χ1v) is 6.07. The van der Waals surface area contributed by atoms with E-state index in [4.69, 9.17) is 23.2 Å². The number of hydrogen-bond donors (Lipinski definition) is 1. The number of H-pyrrole nitrogens is 1. The Kier molecular flexibility index (Phi) is 2.65. The highest BCUT2D eigenvalue weighted by Gasteiger charge is 2.11. The van der Waals surface area contributed by atoms with E-state index in [1.165, 1.54) is 4.57 Å². The third-order valence-corrected chi connectivity index (χ3v) is 3.28. The monoisotopic (exact) mass is 278 g/mol. The van der Waals surface area contributed by atoms with Crippen molar-refractivity contribution in [3.05, 3.63) is 63.0 Å². The minimum Gasteiger partial charge on any atom is -0.305 e. The van der Waals surface area contributed by atoms with Crippen molar-refractivity contribution < 1.29 is 0 Å². The van der Waals surface area contributed by atoms with Gasteiger partial charge in [-0.25, -0.2) is 4.79 Å². The van der Waals surface area contributed by atoms with Crippen molar-refractivity contribution in [3.63, 3.8) is 0 Å². The standard InChI is InChI=1S/C13H8Cl2N2O/c14-8-5-6-11(9(15)7-8)17-12-4-2-1-3-10(12)16-13(17)18/h1-7H,(H,16,18). The second-order valence-corrected chi connectivity index (χ2v) is 4.72. The van der Waals surface area contributed by atoms with Crippen LogP contribution in [-0.4, -0.2) is 9.55 Å². The quantitative estimate of drug-likeness (QED) is 0.725. The van der Waals surface area contributed by atoms with Crippen LogP contribution in [0, 0.1) is 0 Å². The molecule has 18 heavy (non-hydrogen) atoms. The van der Waals surface area contributed by atoms with Gasteiger partial charge in [-0.05, 0) is 30.3 Å². The summed E-state index contributed by atoms with van der Waals surface area (Å²) in [7, 11) is 0. The van der Waals surface area contributed by atoms with Crippen molar-refractivity contribution in [3.8, 4) is 5.69 Å². The van der Waals surface area contributed by atoms with Gasteiger partial charge < -0.3 is 4.98 Å². The zero-order valence-electron chi connectivity index (χ0n) is 9.15. The van der Waals surface area contributed by atoms with Crippen molar-refractivity contribution >= 4 is 34.2 Å². The molecule has 0 spiro atoms. The van der Waals surface area contributed by atoms with Crippen LogP contribution < -0.4 is 5.69 Å². The van der Waals surface area contributed by atoms with Crippen molar-refractivity contribution in [2.24, 2.45) is 0 Å². The van der Waals surface area contributed by atoms with E-state index >= 15 is 0 Å². The molecule has 0 atom stereocenters. The van der Waals surface area contributed by atoms with Crippen molar-refractivity contribution in [1.82, 2.24) is 9.55 Å². The minimum atomic E-state index is -0.222. The number of para-hydroxylation sites is 2. The first-order chi connectivity index (χ1) is 8.66. The summed E-state index contributed by atoms with van der Waals surface area (Å²) in [6.07, 6.45) is 0. The highest BCUT2D eigenvalue weighted by molar-refractivity contribution is 6.35. The van der Waals surface area contributed by atoms with E-state index in [-0.39, 0.29) is 5.69 Å². The van der Waals surface area contributed by atoms with E-state index in [0.717, 1.165) is 11.0 Å². The molecule has 3 nitrogen and oxygen atoms in total. The molecule has 0 saturated heterocycles. The predicted octanol–water partition coefficient (Wildman–Crippen LogP) is 3.63. The largest absolute Gasteiger partial charge is 0.331 e. The normalized spacial score (nSPS) is 11.0. The number of nitrogens with one attached hydrogen (secondary N) is 1. The minimum absolute atomic E-state index is 0.222. The summed E-state index contributed by atoms with van der Waals surface area (Å²) in [5.41, 5.74) is 1.95. The lowest BCUT2D eigenvalue weighted by molar-refractivity contribution is 1.02. The Hall–Kier alpha value is -1.71. The molecule has 0 aliphatic rings. The lowest BCUT2D eigenvalue weighted by atomic mass is 10.3. The smallest absolute Gasteiger partial charge is 0.305 e. The summed E-state index contributed by atoms with van der Waals surface area (Å²) in [6, 6.07) is 12.5. The number of nitrogens with zero attached hydrogens (tertiary/aromatic N) is 1. The fourth-order valence-corrected chi connectivity index (χ4v) is 2.45. The van der Waals surface area contributed by atoms with E-state index in [1.54, 1.807) is 18.2 Å². The summed E-state index contributed by atoms with van der Waals surface area (Å²) in [5.74, 6) is 0. The third-order valence-electron chi connectivity index (χ3n) is 2.74. The van der Waals surface area contributed by atoms with Gasteiger partial charge in [0.15, 0.2) is 0 Å². The summed E-state index contributed by atoms with van der Waals surface area (Å²) in [4.78, 5) is 14.8. The van der Waals surface area contributed by atoms with Gasteiger partial charge in [-0.15, -0.1) is 0 Å². The molecule has 2 aromatic carbocycles. The molecule has 3 aromatic rings. The zero-order chi connectivity index (χ0) is 12.7. The van der Waals surface area contributed by atoms with Gasteiger partial charge >= 0.3 is 5.69 Å². The highest BCUT2D eigenvalue weighted by Crippen LogP contribution is 2.25. The summed E-state index contributed by atoms with van der Waals surface area (Å²) < 4.78 is 1.54. The number of aromatic nitrogens is 2. The van der Waals surface area contributed by atoms with Crippen LogP contribution in [0.1, 0.15) is 0 Å². The number of halogens is 2. The van der Waals surface area contributed by atoms with Crippen molar-refractivity contribution in [2.45, 2.75) is 0 Å². The molecule has 90 valence electrons. The van der Waals surface area contributed by atoms with E-state index in [1.807, 2.05) is 24.3 Å². The second-order valence-electron chi connectivity index (χ2n) is 3.88. The first kappa shape index (κ1) is 11.4. The van der Waals surface area contributed by atoms with Gasteiger partial charge in [0.2, 0.25) is 0 Å². The average molecular weight is 279 g/mol. The van der Waals surface area contributed by atoms with Crippen LogP contribution in [0.3, 0.4) is 0 Å². The SMILES string of the molecule is O=c1[nH]c2ccccc2n1-c1ccc(Cl)cc1Cl.